The van der Waals surface area contributed by atoms with E-state index in [1.807, 2.05) is 63.2 Å². The highest BCUT2D eigenvalue weighted by atomic mass is 32.1. The minimum Gasteiger partial charge on any atom is -0.309 e. The molecule has 4 nitrogen and oxygen atoms in total. The molecule has 3 aromatic rings. The lowest BCUT2D eigenvalue weighted by atomic mass is 10.2. The van der Waals surface area contributed by atoms with Crippen molar-refractivity contribution in [1.82, 2.24) is 4.98 Å². The standard InChI is InChI=1S/C20H24NO3PS/c1-4-23-25(22,24-13-15(2)3)14-16-9-11-17(12-10-16)20-21-18-7-5-6-8-19(18)26-20/h5-12,15H,4,13-14H2,1-3H3. The van der Waals surface area contributed by atoms with E-state index in [1.165, 1.54) is 4.70 Å². The van der Waals surface area contributed by atoms with Crippen LogP contribution in [0.2, 0.25) is 0 Å². The first-order valence-corrected chi connectivity index (χ1v) is 11.4. The Labute approximate surface area is 158 Å². The number of hydrogen-bond acceptors (Lipinski definition) is 5. The molecule has 0 aliphatic rings. The van der Waals surface area contributed by atoms with E-state index in [9.17, 15) is 4.57 Å². The van der Waals surface area contributed by atoms with Gasteiger partial charge in [0.2, 0.25) is 0 Å². The minimum absolute atomic E-state index is 0.285. The molecule has 138 valence electrons. The van der Waals surface area contributed by atoms with Crippen LogP contribution < -0.4 is 0 Å². The number of aromatic nitrogens is 1. The zero-order valence-corrected chi connectivity index (χ0v) is 17.1. The zero-order valence-electron chi connectivity index (χ0n) is 15.3. The highest BCUT2D eigenvalue weighted by molar-refractivity contribution is 7.53. The van der Waals surface area contributed by atoms with Crippen LogP contribution in [-0.2, 0) is 19.8 Å². The molecule has 0 saturated carbocycles. The molecule has 6 heteroatoms. The van der Waals surface area contributed by atoms with Crippen molar-refractivity contribution in [3.8, 4) is 10.6 Å². The quantitative estimate of drug-likeness (QED) is 0.420. The van der Waals surface area contributed by atoms with Crippen LogP contribution in [0, 0.1) is 5.92 Å². The van der Waals surface area contributed by atoms with Gasteiger partial charge in [-0.1, -0.05) is 50.2 Å². The molecular weight excluding hydrogens is 365 g/mol. The molecule has 3 rings (SSSR count). The van der Waals surface area contributed by atoms with Gasteiger partial charge in [0.25, 0.3) is 0 Å². The van der Waals surface area contributed by atoms with E-state index >= 15 is 0 Å². The fraction of sp³-hybridized carbons (Fsp3) is 0.350. The van der Waals surface area contributed by atoms with Gasteiger partial charge in [-0.05, 0) is 30.5 Å². The highest BCUT2D eigenvalue weighted by Crippen LogP contribution is 2.51. The van der Waals surface area contributed by atoms with E-state index in [-0.39, 0.29) is 6.16 Å². The maximum atomic E-state index is 12.9. The summed E-state index contributed by atoms with van der Waals surface area (Å²) < 4.78 is 25.2. The zero-order chi connectivity index (χ0) is 18.6. The van der Waals surface area contributed by atoms with E-state index in [4.69, 9.17) is 9.05 Å². The van der Waals surface area contributed by atoms with Gasteiger partial charge >= 0.3 is 7.60 Å². The van der Waals surface area contributed by atoms with Gasteiger partial charge < -0.3 is 9.05 Å². The molecule has 0 N–H and O–H groups in total. The minimum atomic E-state index is -3.12. The lowest BCUT2D eigenvalue weighted by Gasteiger charge is -2.19. The summed E-state index contributed by atoms with van der Waals surface area (Å²) in [5.41, 5.74) is 3.01. The lowest BCUT2D eigenvalue weighted by molar-refractivity contribution is 0.192. The Balaban J connectivity index is 1.76. The second-order valence-electron chi connectivity index (χ2n) is 6.56. The average Bonchev–Trinajstić information content (AvgIpc) is 3.05. The molecule has 1 aromatic heterocycles. The average molecular weight is 389 g/mol. The van der Waals surface area contributed by atoms with Crippen molar-refractivity contribution in [2.24, 2.45) is 5.92 Å². The second-order valence-corrected chi connectivity index (χ2v) is 9.65. The summed E-state index contributed by atoms with van der Waals surface area (Å²) in [6, 6.07) is 16.1. The first kappa shape index (κ1) is 19.2. The Bertz CT molecular complexity index is 872. The van der Waals surface area contributed by atoms with E-state index < -0.39 is 7.60 Å². The van der Waals surface area contributed by atoms with Crippen LogP contribution in [0.3, 0.4) is 0 Å². The van der Waals surface area contributed by atoms with Crippen molar-refractivity contribution >= 4 is 29.1 Å². The number of thiazole rings is 1. The first-order chi connectivity index (χ1) is 12.5. The van der Waals surface area contributed by atoms with Gasteiger partial charge in [0.15, 0.2) is 0 Å². The predicted molar refractivity (Wildman–Crippen MR) is 109 cm³/mol. The third-order valence-corrected chi connectivity index (χ3v) is 6.83. The molecule has 0 aliphatic heterocycles. The molecule has 0 bridgehead atoms. The van der Waals surface area contributed by atoms with Gasteiger partial charge in [-0.15, -0.1) is 11.3 Å². The smallest absolute Gasteiger partial charge is 0.309 e. The molecule has 0 aliphatic carbocycles. The van der Waals surface area contributed by atoms with E-state index in [1.54, 1.807) is 11.3 Å². The SMILES string of the molecule is CCOP(=O)(Cc1ccc(-c2nc3ccccc3s2)cc1)OCC(C)C. The largest absolute Gasteiger partial charge is 0.335 e. The maximum absolute atomic E-state index is 12.9. The molecule has 1 heterocycles. The number of hydrogen-bond donors (Lipinski definition) is 0. The summed E-state index contributed by atoms with van der Waals surface area (Å²) in [7, 11) is -3.12. The van der Waals surface area contributed by atoms with Gasteiger partial charge in [0.05, 0.1) is 29.6 Å². The fourth-order valence-corrected chi connectivity index (χ4v) is 5.36. The van der Waals surface area contributed by atoms with Crippen molar-refractivity contribution in [1.29, 1.82) is 0 Å². The third kappa shape index (κ3) is 4.80. The topological polar surface area (TPSA) is 48.4 Å². The maximum Gasteiger partial charge on any atom is 0.335 e. The third-order valence-electron chi connectivity index (χ3n) is 3.80. The molecule has 1 atom stereocenters. The fourth-order valence-electron chi connectivity index (χ4n) is 2.56. The Morgan fingerprint density at radius 3 is 2.46 bits per heavy atom. The molecule has 0 fully saturated rings. The summed E-state index contributed by atoms with van der Waals surface area (Å²) in [6.45, 7) is 6.70. The molecule has 26 heavy (non-hydrogen) atoms. The molecule has 0 radical (unpaired) electrons. The first-order valence-electron chi connectivity index (χ1n) is 8.82. The van der Waals surface area contributed by atoms with Gasteiger partial charge in [0.1, 0.15) is 5.01 Å². The lowest BCUT2D eigenvalue weighted by Crippen LogP contribution is -2.04. The van der Waals surface area contributed by atoms with Crippen LogP contribution >= 0.6 is 18.9 Å². The molecule has 0 amide bonds. The Morgan fingerprint density at radius 1 is 1.08 bits per heavy atom. The van der Waals surface area contributed by atoms with Crippen LogP contribution in [0.1, 0.15) is 26.3 Å². The normalized spacial score (nSPS) is 14.0. The number of para-hydroxylation sites is 1. The van der Waals surface area contributed by atoms with Gasteiger partial charge in [-0.25, -0.2) is 4.98 Å². The number of benzene rings is 2. The summed E-state index contributed by atoms with van der Waals surface area (Å²) in [5, 5.41) is 0.988. The number of nitrogens with zero attached hydrogens (tertiary/aromatic N) is 1. The van der Waals surface area contributed by atoms with Crippen LogP contribution in [0.25, 0.3) is 20.8 Å². The van der Waals surface area contributed by atoms with Gasteiger partial charge in [-0.2, -0.15) is 0 Å². The van der Waals surface area contributed by atoms with Gasteiger partial charge in [0, 0.05) is 5.56 Å². The second kappa shape index (κ2) is 8.45. The van der Waals surface area contributed by atoms with Crippen molar-refractivity contribution in [3.63, 3.8) is 0 Å². The summed E-state index contributed by atoms with van der Waals surface area (Å²) in [5.74, 6) is 0.310. The molecule has 0 saturated heterocycles. The molecule has 2 aromatic carbocycles. The number of fused-ring (bicyclic) bond motifs is 1. The van der Waals surface area contributed by atoms with E-state index in [0.717, 1.165) is 21.7 Å². The monoisotopic (exact) mass is 389 g/mol. The van der Waals surface area contributed by atoms with Crippen LogP contribution in [0.15, 0.2) is 48.5 Å². The van der Waals surface area contributed by atoms with Crippen LogP contribution in [-0.4, -0.2) is 18.2 Å². The summed E-state index contributed by atoms with van der Waals surface area (Å²) >= 11 is 1.67. The molecule has 1 unspecified atom stereocenters. The Morgan fingerprint density at radius 2 is 1.81 bits per heavy atom. The van der Waals surface area contributed by atoms with Crippen molar-refractivity contribution in [3.05, 3.63) is 54.1 Å². The molecule has 0 spiro atoms. The summed E-state index contributed by atoms with van der Waals surface area (Å²) in [6.07, 6.45) is 0.285. The number of rotatable bonds is 8. The predicted octanol–water partition coefficient (Wildman–Crippen LogP) is 6.37. The molecular formula is C20H24NO3PS. The van der Waals surface area contributed by atoms with Gasteiger partial charge in [-0.3, -0.25) is 4.57 Å². The Hall–Kier alpha value is -1.52. The van der Waals surface area contributed by atoms with E-state index in [2.05, 4.69) is 11.1 Å². The highest BCUT2D eigenvalue weighted by Gasteiger charge is 2.25. The van der Waals surface area contributed by atoms with Crippen LogP contribution in [0.4, 0.5) is 0 Å². The van der Waals surface area contributed by atoms with Crippen molar-refractivity contribution in [2.45, 2.75) is 26.9 Å². The van der Waals surface area contributed by atoms with Crippen LogP contribution in [0.5, 0.6) is 0 Å². The Kier molecular flexibility index (Phi) is 6.25. The van der Waals surface area contributed by atoms with E-state index in [0.29, 0.717) is 19.1 Å². The van der Waals surface area contributed by atoms with Crippen molar-refractivity contribution < 1.29 is 13.6 Å². The van der Waals surface area contributed by atoms with Crippen molar-refractivity contribution in [2.75, 3.05) is 13.2 Å². The summed E-state index contributed by atoms with van der Waals surface area (Å²) in [4.78, 5) is 4.68.